The van der Waals surface area contributed by atoms with Crippen molar-refractivity contribution >= 4 is 22.5 Å². The second kappa shape index (κ2) is 4.87. The predicted octanol–water partition coefficient (Wildman–Crippen LogP) is 5.23. The van der Waals surface area contributed by atoms with Crippen LogP contribution in [-0.4, -0.2) is 6.26 Å². The molecule has 3 rings (SSSR count). The van der Waals surface area contributed by atoms with E-state index in [2.05, 4.69) is 73.0 Å². The summed E-state index contributed by atoms with van der Waals surface area (Å²) in [5, 5.41) is 2.62. The predicted molar refractivity (Wildman–Crippen MR) is 81.2 cm³/mol. The minimum atomic E-state index is 1.30. The fraction of sp³-hybridized carbons (Fsp3) is 0.0588. The lowest BCUT2D eigenvalue weighted by molar-refractivity contribution is 1.46. The van der Waals surface area contributed by atoms with Crippen LogP contribution in [0.25, 0.3) is 21.9 Å². The van der Waals surface area contributed by atoms with E-state index in [1.165, 1.54) is 26.8 Å². The molecular formula is C17H14S. The maximum atomic E-state index is 2.21. The van der Waals surface area contributed by atoms with E-state index in [4.69, 9.17) is 0 Å². The maximum absolute atomic E-state index is 2.21. The van der Waals surface area contributed by atoms with Crippen LogP contribution in [0.4, 0.5) is 0 Å². The van der Waals surface area contributed by atoms with Gasteiger partial charge in [-0.1, -0.05) is 60.7 Å². The Morgan fingerprint density at radius 2 is 1.33 bits per heavy atom. The summed E-state index contributed by atoms with van der Waals surface area (Å²) in [6.07, 6.45) is 2.13. The van der Waals surface area contributed by atoms with Crippen LogP contribution in [0.3, 0.4) is 0 Å². The molecule has 0 N–H and O–H groups in total. The summed E-state index contributed by atoms with van der Waals surface area (Å²) >= 11 is 1.80. The second-order valence-electron chi connectivity index (χ2n) is 4.23. The highest BCUT2D eigenvalue weighted by molar-refractivity contribution is 7.98. The van der Waals surface area contributed by atoms with Gasteiger partial charge in [0.25, 0.3) is 0 Å². The molecule has 0 aliphatic rings. The molecule has 0 aliphatic heterocycles. The summed E-state index contributed by atoms with van der Waals surface area (Å²) in [7, 11) is 0. The third-order valence-electron chi connectivity index (χ3n) is 3.19. The molecule has 18 heavy (non-hydrogen) atoms. The Balaban J connectivity index is 2.32. The Morgan fingerprint density at radius 3 is 2.22 bits per heavy atom. The molecule has 0 heterocycles. The van der Waals surface area contributed by atoms with Crippen LogP contribution >= 0.6 is 11.8 Å². The van der Waals surface area contributed by atoms with E-state index in [1.807, 2.05) is 0 Å². The topological polar surface area (TPSA) is 0 Å². The molecule has 0 fully saturated rings. The largest absolute Gasteiger partial charge is 0.129 e. The fourth-order valence-electron chi connectivity index (χ4n) is 2.33. The van der Waals surface area contributed by atoms with Crippen molar-refractivity contribution in [2.24, 2.45) is 0 Å². The van der Waals surface area contributed by atoms with Crippen LogP contribution in [0.2, 0.25) is 0 Å². The van der Waals surface area contributed by atoms with E-state index >= 15 is 0 Å². The minimum absolute atomic E-state index is 1.30. The monoisotopic (exact) mass is 250 g/mol. The molecule has 3 aromatic rings. The molecule has 0 atom stereocenters. The van der Waals surface area contributed by atoms with Crippen molar-refractivity contribution in [2.45, 2.75) is 4.90 Å². The average molecular weight is 250 g/mol. The molecule has 0 amide bonds. The first-order valence-electron chi connectivity index (χ1n) is 6.01. The van der Waals surface area contributed by atoms with Gasteiger partial charge in [0.15, 0.2) is 0 Å². The summed E-state index contributed by atoms with van der Waals surface area (Å²) in [4.78, 5) is 1.33. The Labute approximate surface area is 112 Å². The van der Waals surface area contributed by atoms with Crippen molar-refractivity contribution in [1.82, 2.24) is 0 Å². The Bertz CT molecular complexity index is 681. The molecule has 1 heteroatoms. The lowest BCUT2D eigenvalue weighted by Crippen LogP contribution is -1.83. The molecule has 0 aromatic heterocycles. The van der Waals surface area contributed by atoms with E-state index in [-0.39, 0.29) is 0 Å². The number of fused-ring (bicyclic) bond motifs is 1. The van der Waals surface area contributed by atoms with E-state index in [0.29, 0.717) is 0 Å². The van der Waals surface area contributed by atoms with Crippen LogP contribution in [0.15, 0.2) is 71.6 Å². The van der Waals surface area contributed by atoms with Gasteiger partial charge in [0.05, 0.1) is 0 Å². The second-order valence-corrected chi connectivity index (χ2v) is 5.08. The Morgan fingerprint density at radius 1 is 0.667 bits per heavy atom. The number of rotatable bonds is 2. The van der Waals surface area contributed by atoms with Crippen molar-refractivity contribution in [2.75, 3.05) is 6.26 Å². The first-order chi connectivity index (χ1) is 8.90. The molecule has 0 spiro atoms. The zero-order valence-electron chi connectivity index (χ0n) is 10.3. The van der Waals surface area contributed by atoms with Gasteiger partial charge in [0.1, 0.15) is 0 Å². The van der Waals surface area contributed by atoms with Crippen LogP contribution in [-0.2, 0) is 0 Å². The van der Waals surface area contributed by atoms with Crippen LogP contribution in [0.5, 0.6) is 0 Å². The molecule has 0 aliphatic carbocycles. The van der Waals surface area contributed by atoms with Gasteiger partial charge in [-0.15, -0.1) is 11.8 Å². The highest BCUT2D eigenvalue weighted by atomic mass is 32.2. The molecule has 0 saturated carbocycles. The first kappa shape index (κ1) is 11.4. The van der Waals surface area contributed by atoms with Crippen LogP contribution < -0.4 is 0 Å². The highest BCUT2D eigenvalue weighted by Crippen LogP contribution is 2.34. The van der Waals surface area contributed by atoms with Gasteiger partial charge in [-0.3, -0.25) is 0 Å². The Hall–Kier alpha value is -1.73. The fourth-order valence-corrected chi connectivity index (χ4v) is 2.94. The van der Waals surface area contributed by atoms with E-state index in [1.54, 1.807) is 11.8 Å². The smallest absolute Gasteiger partial charge is 0.0148 e. The quantitative estimate of drug-likeness (QED) is 0.561. The van der Waals surface area contributed by atoms with E-state index < -0.39 is 0 Å². The van der Waals surface area contributed by atoms with E-state index in [9.17, 15) is 0 Å². The van der Waals surface area contributed by atoms with Gasteiger partial charge in [0.2, 0.25) is 0 Å². The van der Waals surface area contributed by atoms with Crippen molar-refractivity contribution in [3.63, 3.8) is 0 Å². The van der Waals surface area contributed by atoms with Crippen molar-refractivity contribution in [3.8, 4) is 11.1 Å². The summed E-state index contributed by atoms with van der Waals surface area (Å²) in [6.45, 7) is 0. The van der Waals surface area contributed by atoms with Gasteiger partial charge in [-0.2, -0.15) is 0 Å². The minimum Gasteiger partial charge on any atom is -0.129 e. The summed E-state index contributed by atoms with van der Waals surface area (Å²) in [6, 6.07) is 23.7. The molecular weight excluding hydrogens is 236 g/mol. The number of thioether (sulfide) groups is 1. The molecule has 0 bridgehead atoms. The average Bonchev–Trinajstić information content (AvgIpc) is 2.46. The van der Waals surface area contributed by atoms with Crippen molar-refractivity contribution in [3.05, 3.63) is 66.7 Å². The number of benzene rings is 3. The number of hydrogen-bond acceptors (Lipinski definition) is 1. The first-order valence-corrected chi connectivity index (χ1v) is 7.24. The van der Waals surface area contributed by atoms with Crippen LogP contribution in [0, 0.1) is 0 Å². The summed E-state index contributed by atoms with van der Waals surface area (Å²) in [5.41, 5.74) is 2.64. The third kappa shape index (κ3) is 1.91. The van der Waals surface area contributed by atoms with Crippen molar-refractivity contribution < 1.29 is 0 Å². The molecule has 0 nitrogen and oxygen atoms in total. The molecule has 0 radical (unpaired) electrons. The number of hydrogen-bond donors (Lipinski definition) is 0. The molecule has 3 aromatic carbocycles. The van der Waals surface area contributed by atoms with Gasteiger partial charge >= 0.3 is 0 Å². The highest BCUT2D eigenvalue weighted by Gasteiger charge is 2.06. The SMILES string of the molecule is CSc1ccccc1-c1cccc2ccccc12. The lowest BCUT2D eigenvalue weighted by Gasteiger charge is -2.10. The van der Waals surface area contributed by atoms with Crippen LogP contribution in [0.1, 0.15) is 0 Å². The van der Waals surface area contributed by atoms with Gasteiger partial charge < -0.3 is 0 Å². The van der Waals surface area contributed by atoms with Crippen molar-refractivity contribution in [1.29, 1.82) is 0 Å². The zero-order chi connectivity index (χ0) is 12.4. The maximum Gasteiger partial charge on any atom is 0.0148 e. The van der Waals surface area contributed by atoms with E-state index in [0.717, 1.165) is 0 Å². The van der Waals surface area contributed by atoms with Gasteiger partial charge in [-0.25, -0.2) is 0 Å². The summed E-state index contributed by atoms with van der Waals surface area (Å²) in [5.74, 6) is 0. The van der Waals surface area contributed by atoms with Gasteiger partial charge in [0, 0.05) is 4.90 Å². The molecule has 0 unspecified atom stereocenters. The standard InChI is InChI=1S/C17H14S/c1-18-17-12-5-4-10-16(17)15-11-6-8-13-7-2-3-9-14(13)15/h2-12H,1H3. The zero-order valence-corrected chi connectivity index (χ0v) is 11.1. The van der Waals surface area contributed by atoms with Gasteiger partial charge in [-0.05, 0) is 34.2 Å². The Kier molecular flexibility index (Phi) is 3.07. The molecule has 88 valence electrons. The summed E-state index contributed by atoms with van der Waals surface area (Å²) < 4.78 is 0. The normalized spacial score (nSPS) is 10.7. The lowest BCUT2D eigenvalue weighted by atomic mass is 9.98. The third-order valence-corrected chi connectivity index (χ3v) is 3.98. The molecule has 0 saturated heterocycles.